The third-order valence-electron chi connectivity index (χ3n) is 9.84. The summed E-state index contributed by atoms with van der Waals surface area (Å²) < 4.78 is -1.61. The predicted molar refractivity (Wildman–Crippen MR) is 237 cm³/mol. The summed E-state index contributed by atoms with van der Waals surface area (Å²) in [6, 6.07) is 79.5. The molecule has 0 aliphatic heterocycles. The van der Waals surface area contributed by atoms with Gasteiger partial charge in [-0.15, -0.1) is 0 Å². The normalized spacial score (nSPS) is 11.2. The van der Waals surface area contributed by atoms with Crippen LogP contribution in [0.4, 0.5) is 0 Å². The largest absolute Gasteiger partial charge is 0.266 e. The Bertz CT molecular complexity index is 2010. The van der Waals surface area contributed by atoms with E-state index in [9.17, 15) is 0 Å². The summed E-state index contributed by atoms with van der Waals surface area (Å²) in [4.78, 5) is 0. The summed E-state index contributed by atoms with van der Waals surface area (Å²) in [7, 11) is 0. The molecule has 0 saturated heterocycles. The van der Waals surface area contributed by atoms with E-state index in [2.05, 4.69) is 218 Å². The van der Waals surface area contributed by atoms with E-state index in [4.69, 9.17) is 46.4 Å². The molecule has 0 radical (unpaired) electrons. The fourth-order valence-electron chi connectivity index (χ4n) is 7.21. The summed E-state index contributed by atoms with van der Waals surface area (Å²) in [6.07, 6.45) is 0. The molecule has 0 atom stereocenters. The highest BCUT2D eigenvalue weighted by molar-refractivity contribution is 6.83. The van der Waals surface area contributed by atoms with Crippen LogP contribution in [0.2, 0.25) is 0 Å². The Balaban J connectivity index is 0.000000875. The van der Waals surface area contributed by atoms with E-state index in [0.717, 1.165) is 0 Å². The highest BCUT2D eigenvalue weighted by Crippen LogP contribution is 2.44. The first-order valence-corrected chi connectivity index (χ1v) is 19.7. The number of hydrogen-bond donors (Lipinski definition) is 0. The zero-order valence-corrected chi connectivity index (χ0v) is 33.0. The van der Waals surface area contributed by atoms with Gasteiger partial charge < -0.3 is 0 Å². The summed E-state index contributed by atoms with van der Waals surface area (Å²) >= 11 is 19.3. The number of hydrogen-bond acceptors (Lipinski definition) is 0. The molecule has 0 aromatic heterocycles. The second kappa shape index (κ2) is 18.0. The highest BCUT2D eigenvalue weighted by atomic mass is 35.6. The first-order valence-electron chi connectivity index (χ1n) is 18.2. The van der Waals surface area contributed by atoms with Crippen LogP contribution in [0.1, 0.15) is 34.1 Å². The minimum absolute atomic E-state index is 0.0785. The Morgan fingerprint density at radius 2 is 0.364 bits per heavy atom. The number of benzene rings is 8. The SMILES string of the molecule is ClC(Cl)(Cl)Cl.c1ccc(-c2ccc(C(c3ccc(-c4ccccc4)cc3)C(c3ccc(-c4ccccc4)cc3)c3ccc(-c4ccccc4)cc3)cc2)cc1. The van der Waals surface area contributed by atoms with Crippen molar-refractivity contribution in [3.8, 4) is 44.5 Å². The Hall–Kier alpha value is -5.08. The van der Waals surface area contributed by atoms with Crippen molar-refractivity contribution < 1.29 is 0 Å². The molecule has 0 aliphatic rings. The first-order chi connectivity index (χ1) is 26.8. The van der Waals surface area contributed by atoms with E-state index in [-0.39, 0.29) is 11.8 Å². The zero-order chi connectivity index (χ0) is 38.0. The van der Waals surface area contributed by atoms with Gasteiger partial charge >= 0.3 is 0 Å². The summed E-state index contributed by atoms with van der Waals surface area (Å²) in [5.74, 6) is 0.157. The van der Waals surface area contributed by atoms with Gasteiger partial charge in [0.2, 0.25) is 0 Å². The lowest BCUT2D eigenvalue weighted by Gasteiger charge is -2.30. The smallest absolute Gasteiger partial charge is 0.0664 e. The molecule has 0 fully saturated rings. The third kappa shape index (κ3) is 10.2. The van der Waals surface area contributed by atoms with Gasteiger partial charge in [0, 0.05) is 11.8 Å². The van der Waals surface area contributed by atoms with Crippen molar-refractivity contribution in [3.63, 3.8) is 0 Å². The summed E-state index contributed by atoms with van der Waals surface area (Å²) in [5.41, 5.74) is 15.0. The van der Waals surface area contributed by atoms with Crippen LogP contribution in [0.3, 0.4) is 0 Å². The van der Waals surface area contributed by atoms with Gasteiger partial charge in [-0.3, -0.25) is 0 Å². The highest BCUT2D eigenvalue weighted by Gasteiger charge is 2.29. The molecule has 0 unspecified atom stereocenters. The maximum Gasteiger partial charge on any atom is 0.266 e. The second-order valence-electron chi connectivity index (χ2n) is 13.3. The van der Waals surface area contributed by atoms with E-state index < -0.39 is 3.25 Å². The fourth-order valence-corrected chi connectivity index (χ4v) is 7.21. The van der Waals surface area contributed by atoms with Crippen LogP contribution >= 0.6 is 46.4 Å². The lowest BCUT2D eigenvalue weighted by molar-refractivity contribution is 0.694. The molecule has 0 N–H and O–H groups in total. The maximum atomic E-state index is 4.83. The van der Waals surface area contributed by atoms with E-state index in [1.165, 1.54) is 66.8 Å². The van der Waals surface area contributed by atoms with Crippen molar-refractivity contribution in [3.05, 3.63) is 241 Å². The fraction of sp³-hybridized carbons (Fsp3) is 0.0588. The van der Waals surface area contributed by atoms with Gasteiger partial charge in [-0.05, 0) is 66.8 Å². The van der Waals surface area contributed by atoms with Gasteiger partial charge in [-0.1, -0.05) is 265 Å². The number of alkyl halides is 4. The Morgan fingerprint density at radius 1 is 0.218 bits per heavy atom. The van der Waals surface area contributed by atoms with E-state index >= 15 is 0 Å². The van der Waals surface area contributed by atoms with Gasteiger partial charge in [0.25, 0.3) is 3.25 Å². The molecule has 270 valence electrons. The predicted octanol–water partition coefficient (Wildman–Crippen LogP) is 15.9. The Morgan fingerprint density at radius 3 is 0.527 bits per heavy atom. The lowest BCUT2D eigenvalue weighted by atomic mass is 9.73. The molecule has 0 spiro atoms. The molecule has 8 aromatic rings. The molecule has 0 saturated carbocycles. The topological polar surface area (TPSA) is 0 Å². The van der Waals surface area contributed by atoms with Gasteiger partial charge in [0.1, 0.15) is 0 Å². The molecule has 8 aromatic carbocycles. The summed E-state index contributed by atoms with van der Waals surface area (Å²) in [6.45, 7) is 0. The van der Waals surface area contributed by atoms with Crippen LogP contribution in [0, 0.1) is 0 Å². The molecule has 55 heavy (non-hydrogen) atoms. The molecule has 4 heteroatoms. The van der Waals surface area contributed by atoms with Crippen molar-refractivity contribution in [1.82, 2.24) is 0 Å². The number of rotatable bonds is 9. The van der Waals surface area contributed by atoms with Crippen molar-refractivity contribution in [1.29, 1.82) is 0 Å². The third-order valence-corrected chi connectivity index (χ3v) is 9.84. The number of halogens is 4. The van der Waals surface area contributed by atoms with Crippen LogP contribution in [-0.2, 0) is 0 Å². The Labute approximate surface area is 344 Å². The zero-order valence-electron chi connectivity index (χ0n) is 30.0. The van der Waals surface area contributed by atoms with Crippen molar-refractivity contribution in [2.75, 3.05) is 0 Å². The standard InChI is InChI=1S/C50H38.CCl4/c1-5-13-37(14-6-1)41-21-29-45(30-22-41)49(46-31-23-42(24-32-46)38-15-7-2-8-16-38)50(47-33-25-43(26-34-47)39-17-9-3-10-18-39)48-35-27-44(28-36-48)40-19-11-4-12-20-40;2-1(3,4)5/h1-36,49-50H;. The lowest BCUT2D eigenvalue weighted by Crippen LogP contribution is -2.15. The quantitative estimate of drug-likeness (QED) is 0.128. The second-order valence-corrected chi connectivity index (χ2v) is 16.8. The molecule has 0 heterocycles. The molecule has 8 rings (SSSR count). The minimum Gasteiger partial charge on any atom is -0.0664 e. The van der Waals surface area contributed by atoms with E-state index in [0.29, 0.717) is 0 Å². The minimum atomic E-state index is -1.61. The average molecular weight is 793 g/mol. The molecular weight excluding hydrogens is 754 g/mol. The average Bonchev–Trinajstić information content (AvgIpc) is 3.24. The van der Waals surface area contributed by atoms with Crippen LogP contribution in [0.15, 0.2) is 218 Å². The van der Waals surface area contributed by atoms with Crippen LogP contribution in [0.5, 0.6) is 0 Å². The van der Waals surface area contributed by atoms with Crippen molar-refractivity contribution in [2.45, 2.75) is 15.1 Å². The van der Waals surface area contributed by atoms with Crippen LogP contribution in [-0.4, -0.2) is 3.25 Å². The molecule has 0 bridgehead atoms. The Kier molecular flexibility index (Phi) is 12.5. The summed E-state index contributed by atoms with van der Waals surface area (Å²) in [5, 5.41) is 0. The van der Waals surface area contributed by atoms with E-state index in [1.54, 1.807) is 0 Å². The van der Waals surface area contributed by atoms with Crippen LogP contribution < -0.4 is 0 Å². The van der Waals surface area contributed by atoms with Crippen molar-refractivity contribution >= 4 is 46.4 Å². The molecule has 0 amide bonds. The van der Waals surface area contributed by atoms with Gasteiger partial charge in [0.15, 0.2) is 0 Å². The monoisotopic (exact) mass is 790 g/mol. The maximum absolute atomic E-state index is 4.83. The first kappa shape index (κ1) is 38.2. The molecule has 0 aliphatic carbocycles. The van der Waals surface area contributed by atoms with Gasteiger partial charge in [-0.25, -0.2) is 0 Å². The molecule has 0 nitrogen and oxygen atoms in total. The van der Waals surface area contributed by atoms with Crippen molar-refractivity contribution in [2.24, 2.45) is 0 Å². The van der Waals surface area contributed by atoms with Gasteiger partial charge in [-0.2, -0.15) is 0 Å². The van der Waals surface area contributed by atoms with E-state index in [1.807, 2.05) is 0 Å². The van der Waals surface area contributed by atoms with Crippen LogP contribution in [0.25, 0.3) is 44.5 Å². The van der Waals surface area contributed by atoms with Gasteiger partial charge in [0.05, 0.1) is 0 Å². The molecular formula is C51H38Cl4.